The van der Waals surface area contributed by atoms with Crippen LogP contribution in [-0.2, 0) is 13.5 Å². The lowest BCUT2D eigenvalue weighted by Gasteiger charge is -2.03. The van der Waals surface area contributed by atoms with Crippen LogP contribution in [-0.4, -0.2) is 27.2 Å². The van der Waals surface area contributed by atoms with Gasteiger partial charge in [-0.15, -0.1) is 0 Å². The number of amides is 1. The van der Waals surface area contributed by atoms with Gasteiger partial charge in [0.05, 0.1) is 17.5 Å². The molecule has 0 atom stereocenters. The number of nitrogens with zero attached hydrogens (tertiary/aromatic N) is 3. The van der Waals surface area contributed by atoms with Crippen molar-refractivity contribution in [1.29, 1.82) is 0 Å². The molecule has 1 amide bonds. The molecule has 0 saturated heterocycles. The first kappa shape index (κ1) is 16.3. The zero-order valence-corrected chi connectivity index (χ0v) is 14.2. The number of aromatic nitrogens is 3. The normalized spacial score (nSPS) is 10.8. The number of nitrogens with one attached hydrogen (secondary N) is 1. The molecule has 6 nitrogen and oxygen atoms in total. The first-order valence-electron chi connectivity index (χ1n) is 7.53. The maximum Gasteiger partial charge on any atom is 0.256 e. The lowest BCUT2D eigenvalue weighted by Crippen LogP contribution is -2.25. The van der Waals surface area contributed by atoms with Crippen molar-refractivity contribution in [2.45, 2.75) is 13.3 Å². The summed E-state index contributed by atoms with van der Waals surface area (Å²) in [5.74, 6) is 1.09. The first-order valence-corrected chi connectivity index (χ1v) is 7.91. The quantitative estimate of drug-likeness (QED) is 0.772. The predicted octanol–water partition coefficient (Wildman–Crippen LogP) is 3.01. The Morgan fingerprint density at radius 3 is 2.75 bits per heavy atom. The number of halogens is 1. The van der Waals surface area contributed by atoms with E-state index in [0.29, 0.717) is 29.6 Å². The maximum atomic E-state index is 12.1. The number of benzene rings is 1. The number of hydrogen-bond acceptors (Lipinski definition) is 4. The summed E-state index contributed by atoms with van der Waals surface area (Å²) in [4.78, 5) is 16.6. The van der Waals surface area contributed by atoms with E-state index in [2.05, 4.69) is 15.4 Å². The van der Waals surface area contributed by atoms with E-state index < -0.39 is 0 Å². The van der Waals surface area contributed by atoms with Gasteiger partial charge in [0.1, 0.15) is 10.9 Å². The molecular weight excluding hydrogens is 328 g/mol. The number of hydrogen-bond donors (Lipinski definition) is 1. The van der Waals surface area contributed by atoms with Crippen molar-refractivity contribution < 1.29 is 9.21 Å². The van der Waals surface area contributed by atoms with E-state index in [1.807, 2.05) is 37.3 Å². The van der Waals surface area contributed by atoms with E-state index in [1.165, 1.54) is 10.9 Å². The SMILES string of the molecule is Cc1oc(-c2ccccc2)nc1CCNC(=O)c1cnn(C)c1Cl. The largest absolute Gasteiger partial charge is 0.441 e. The molecule has 7 heteroatoms. The van der Waals surface area contributed by atoms with Crippen molar-refractivity contribution in [2.24, 2.45) is 7.05 Å². The summed E-state index contributed by atoms with van der Waals surface area (Å²) in [7, 11) is 1.68. The Labute approximate surface area is 144 Å². The average molecular weight is 345 g/mol. The van der Waals surface area contributed by atoms with Crippen molar-refractivity contribution in [1.82, 2.24) is 20.1 Å². The van der Waals surface area contributed by atoms with E-state index in [0.717, 1.165) is 17.0 Å². The molecule has 0 fully saturated rings. The van der Waals surface area contributed by atoms with Gasteiger partial charge in [0.2, 0.25) is 5.89 Å². The average Bonchev–Trinajstić information content (AvgIpc) is 3.12. The molecule has 24 heavy (non-hydrogen) atoms. The minimum absolute atomic E-state index is 0.252. The molecule has 2 aromatic heterocycles. The van der Waals surface area contributed by atoms with Crippen molar-refractivity contribution in [2.75, 3.05) is 6.54 Å². The highest BCUT2D eigenvalue weighted by molar-refractivity contribution is 6.32. The summed E-state index contributed by atoms with van der Waals surface area (Å²) in [6.07, 6.45) is 2.03. The van der Waals surface area contributed by atoms with Gasteiger partial charge >= 0.3 is 0 Å². The lowest BCUT2D eigenvalue weighted by atomic mass is 10.2. The number of oxazole rings is 1. The Balaban J connectivity index is 1.62. The Morgan fingerprint density at radius 2 is 2.08 bits per heavy atom. The van der Waals surface area contributed by atoms with Gasteiger partial charge < -0.3 is 9.73 Å². The fourth-order valence-electron chi connectivity index (χ4n) is 2.33. The zero-order valence-electron chi connectivity index (χ0n) is 13.4. The van der Waals surface area contributed by atoms with E-state index in [4.69, 9.17) is 16.0 Å². The highest BCUT2D eigenvalue weighted by Crippen LogP contribution is 2.21. The molecule has 0 bridgehead atoms. The van der Waals surface area contributed by atoms with Crippen LogP contribution in [0.25, 0.3) is 11.5 Å². The molecule has 3 aromatic rings. The standard InChI is InChI=1S/C17H17ClN4O2/c1-11-14(21-17(24-11)12-6-4-3-5-7-12)8-9-19-16(23)13-10-20-22(2)15(13)18/h3-7,10H,8-9H2,1-2H3,(H,19,23). The Bertz CT molecular complexity index is 855. The van der Waals surface area contributed by atoms with Gasteiger partial charge in [-0.1, -0.05) is 29.8 Å². The summed E-state index contributed by atoms with van der Waals surface area (Å²) < 4.78 is 7.16. The fraction of sp³-hybridized carbons (Fsp3) is 0.235. The molecular formula is C17H17ClN4O2. The van der Waals surface area contributed by atoms with Crippen LogP contribution in [0.3, 0.4) is 0 Å². The van der Waals surface area contributed by atoms with Crippen LogP contribution >= 0.6 is 11.6 Å². The van der Waals surface area contributed by atoms with Crippen LogP contribution in [0.1, 0.15) is 21.8 Å². The van der Waals surface area contributed by atoms with Crippen LogP contribution in [0.4, 0.5) is 0 Å². The highest BCUT2D eigenvalue weighted by Gasteiger charge is 2.15. The summed E-state index contributed by atoms with van der Waals surface area (Å²) in [6, 6.07) is 9.71. The summed E-state index contributed by atoms with van der Waals surface area (Å²) >= 11 is 6.01. The predicted molar refractivity (Wildman–Crippen MR) is 90.9 cm³/mol. The molecule has 0 aliphatic heterocycles. The lowest BCUT2D eigenvalue weighted by molar-refractivity contribution is 0.0954. The second kappa shape index (κ2) is 6.88. The van der Waals surface area contributed by atoms with Gasteiger partial charge in [0.15, 0.2) is 0 Å². The van der Waals surface area contributed by atoms with E-state index >= 15 is 0 Å². The maximum absolute atomic E-state index is 12.1. The topological polar surface area (TPSA) is 73.0 Å². The molecule has 3 rings (SSSR count). The highest BCUT2D eigenvalue weighted by atomic mass is 35.5. The Morgan fingerprint density at radius 1 is 1.33 bits per heavy atom. The van der Waals surface area contributed by atoms with E-state index in [9.17, 15) is 4.79 Å². The van der Waals surface area contributed by atoms with Crippen LogP contribution in [0.2, 0.25) is 5.15 Å². The second-order valence-corrected chi connectivity index (χ2v) is 5.72. The summed E-state index contributed by atoms with van der Waals surface area (Å²) in [5, 5.41) is 7.09. The van der Waals surface area contributed by atoms with E-state index in [-0.39, 0.29) is 5.91 Å². The third-order valence-electron chi connectivity index (χ3n) is 3.67. The molecule has 0 aliphatic rings. The Hall–Kier alpha value is -2.60. The molecule has 0 aliphatic carbocycles. The third kappa shape index (κ3) is 3.33. The van der Waals surface area contributed by atoms with Gasteiger partial charge in [-0.2, -0.15) is 5.10 Å². The number of rotatable bonds is 5. The summed E-state index contributed by atoms with van der Waals surface area (Å²) in [5.41, 5.74) is 2.12. The van der Waals surface area contributed by atoms with Crippen molar-refractivity contribution >= 4 is 17.5 Å². The van der Waals surface area contributed by atoms with Crippen LogP contribution < -0.4 is 5.32 Å². The Kier molecular flexibility index (Phi) is 4.66. The minimum atomic E-state index is -0.252. The van der Waals surface area contributed by atoms with Crippen LogP contribution in [0.5, 0.6) is 0 Å². The minimum Gasteiger partial charge on any atom is -0.441 e. The van der Waals surface area contributed by atoms with Crippen LogP contribution in [0, 0.1) is 6.92 Å². The number of carbonyl (C=O) groups is 1. The van der Waals surface area contributed by atoms with E-state index in [1.54, 1.807) is 7.05 Å². The van der Waals surface area contributed by atoms with Crippen molar-refractivity contribution in [3.8, 4) is 11.5 Å². The van der Waals surface area contributed by atoms with Gasteiger partial charge in [0.25, 0.3) is 5.91 Å². The molecule has 124 valence electrons. The van der Waals surface area contributed by atoms with Gasteiger partial charge in [-0.3, -0.25) is 9.48 Å². The van der Waals surface area contributed by atoms with Crippen LogP contribution in [0.15, 0.2) is 40.9 Å². The number of aryl methyl sites for hydroxylation is 2. The smallest absolute Gasteiger partial charge is 0.256 e. The molecule has 0 saturated carbocycles. The van der Waals surface area contributed by atoms with Crippen molar-refractivity contribution in [3.05, 3.63) is 58.7 Å². The zero-order chi connectivity index (χ0) is 17.1. The summed E-state index contributed by atoms with van der Waals surface area (Å²) in [6.45, 7) is 2.31. The molecule has 0 unspecified atom stereocenters. The second-order valence-electron chi connectivity index (χ2n) is 5.37. The molecule has 0 radical (unpaired) electrons. The fourth-order valence-corrected chi connectivity index (χ4v) is 2.51. The monoisotopic (exact) mass is 344 g/mol. The van der Waals surface area contributed by atoms with Crippen molar-refractivity contribution in [3.63, 3.8) is 0 Å². The van der Waals surface area contributed by atoms with Gasteiger partial charge in [-0.05, 0) is 19.1 Å². The molecule has 0 spiro atoms. The van der Waals surface area contributed by atoms with Gasteiger partial charge in [-0.25, -0.2) is 4.98 Å². The molecule has 2 heterocycles. The first-order chi connectivity index (χ1) is 11.6. The third-order valence-corrected chi connectivity index (χ3v) is 4.12. The van der Waals surface area contributed by atoms with Gasteiger partial charge in [0, 0.05) is 25.6 Å². The number of carbonyl (C=O) groups excluding carboxylic acids is 1. The molecule has 1 aromatic carbocycles. The molecule has 1 N–H and O–H groups in total.